The highest BCUT2D eigenvalue weighted by atomic mass is 16.7. The largest absolute Gasteiger partial charge is 0.492 e. The first-order valence-corrected chi connectivity index (χ1v) is 6.53. The van der Waals surface area contributed by atoms with Crippen LogP contribution >= 0.6 is 0 Å². The Kier molecular flexibility index (Phi) is 6.42. The van der Waals surface area contributed by atoms with Crippen molar-refractivity contribution in [1.82, 2.24) is 4.73 Å². The zero-order chi connectivity index (χ0) is 15.0. The molecule has 0 aliphatic carbocycles. The monoisotopic (exact) mass is 285 g/mol. The van der Waals surface area contributed by atoms with Crippen molar-refractivity contribution >= 4 is 11.9 Å². The highest BCUT2D eigenvalue weighted by Gasteiger charge is 2.11. The van der Waals surface area contributed by atoms with E-state index in [1.54, 1.807) is 0 Å². The number of carboxylic acids is 1. The van der Waals surface area contributed by atoms with Gasteiger partial charge in [-0.15, -0.1) is 4.73 Å². The number of aliphatic carboxylic acids is 1. The van der Waals surface area contributed by atoms with Crippen molar-refractivity contribution in [2.24, 2.45) is 0 Å². The normalized spacial score (nSPS) is 10.4. The van der Waals surface area contributed by atoms with Gasteiger partial charge in [0.05, 0.1) is 0 Å². The number of rotatable bonds is 9. The Hall–Kier alpha value is -2.18. The second-order valence-electron chi connectivity index (χ2n) is 4.47. The molecule has 0 bridgehead atoms. The van der Waals surface area contributed by atoms with Gasteiger partial charge in [0, 0.05) is 25.0 Å². The van der Waals surface area contributed by atoms with E-state index in [2.05, 4.69) is 0 Å². The number of carbonyl (C=O) groups is 2. The SMILES string of the molecule is O=C(O)CCCCCCCC(=O)On1c(O)ccc1O. The summed E-state index contributed by atoms with van der Waals surface area (Å²) in [4.78, 5) is 26.5. The minimum Gasteiger partial charge on any atom is -0.492 e. The third-order valence-corrected chi connectivity index (χ3v) is 2.76. The van der Waals surface area contributed by atoms with E-state index in [9.17, 15) is 19.8 Å². The lowest BCUT2D eigenvalue weighted by Gasteiger charge is -2.06. The molecule has 0 saturated heterocycles. The number of aromatic hydroxyl groups is 2. The summed E-state index contributed by atoms with van der Waals surface area (Å²) in [6.07, 6.45) is 4.10. The molecular formula is C13H19NO6. The first-order valence-electron chi connectivity index (χ1n) is 6.53. The van der Waals surface area contributed by atoms with Gasteiger partial charge in [0.25, 0.3) is 0 Å². The van der Waals surface area contributed by atoms with Crippen LogP contribution < -0.4 is 4.84 Å². The molecule has 0 radical (unpaired) electrons. The zero-order valence-corrected chi connectivity index (χ0v) is 11.1. The van der Waals surface area contributed by atoms with Crippen molar-refractivity contribution in [2.75, 3.05) is 0 Å². The van der Waals surface area contributed by atoms with Gasteiger partial charge in [0.1, 0.15) is 0 Å². The van der Waals surface area contributed by atoms with Crippen LogP contribution in [0.25, 0.3) is 0 Å². The van der Waals surface area contributed by atoms with Crippen LogP contribution in [0.4, 0.5) is 0 Å². The van der Waals surface area contributed by atoms with Crippen LogP contribution in [-0.4, -0.2) is 32.0 Å². The molecule has 1 aromatic heterocycles. The number of carboxylic acid groups (broad SMARTS) is 1. The van der Waals surface area contributed by atoms with Crippen molar-refractivity contribution in [2.45, 2.75) is 44.9 Å². The summed E-state index contributed by atoms with van der Waals surface area (Å²) in [5.74, 6) is -2.02. The fourth-order valence-corrected chi connectivity index (χ4v) is 1.72. The molecule has 7 nitrogen and oxygen atoms in total. The summed E-state index contributed by atoms with van der Waals surface area (Å²) in [6.45, 7) is 0. The van der Waals surface area contributed by atoms with Crippen LogP contribution in [0.15, 0.2) is 12.1 Å². The predicted octanol–water partition coefficient (Wildman–Crippen LogP) is 1.67. The second-order valence-corrected chi connectivity index (χ2v) is 4.47. The lowest BCUT2D eigenvalue weighted by molar-refractivity contribution is -0.145. The topological polar surface area (TPSA) is 109 Å². The van der Waals surface area contributed by atoms with E-state index in [1.807, 2.05) is 0 Å². The maximum absolute atomic E-state index is 11.5. The van der Waals surface area contributed by atoms with E-state index >= 15 is 0 Å². The molecule has 1 heterocycles. The molecule has 0 aromatic carbocycles. The molecular weight excluding hydrogens is 266 g/mol. The summed E-state index contributed by atoms with van der Waals surface area (Å²) in [5, 5.41) is 27.0. The molecule has 3 N–H and O–H groups in total. The van der Waals surface area contributed by atoms with Crippen molar-refractivity contribution < 1.29 is 29.7 Å². The van der Waals surface area contributed by atoms with E-state index in [4.69, 9.17) is 9.94 Å². The minimum absolute atomic E-state index is 0.175. The number of hydrogen-bond acceptors (Lipinski definition) is 5. The maximum Gasteiger partial charge on any atom is 0.333 e. The zero-order valence-electron chi connectivity index (χ0n) is 11.1. The Labute approximate surface area is 116 Å². The summed E-state index contributed by atoms with van der Waals surface area (Å²) < 4.78 is 0.662. The van der Waals surface area contributed by atoms with E-state index in [1.165, 1.54) is 12.1 Å². The third-order valence-electron chi connectivity index (χ3n) is 2.76. The van der Waals surface area contributed by atoms with Crippen LogP contribution in [-0.2, 0) is 9.59 Å². The van der Waals surface area contributed by atoms with Gasteiger partial charge in [-0.2, -0.15) is 0 Å². The highest BCUT2D eigenvalue weighted by molar-refractivity contribution is 5.69. The molecule has 0 amide bonds. The molecule has 7 heteroatoms. The molecule has 0 saturated carbocycles. The van der Waals surface area contributed by atoms with Gasteiger partial charge in [0.2, 0.25) is 11.8 Å². The Morgan fingerprint density at radius 1 is 0.950 bits per heavy atom. The molecule has 112 valence electrons. The molecule has 0 aliphatic heterocycles. The lowest BCUT2D eigenvalue weighted by atomic mass is 10.1. The summed E-state index contributed by atoms with van der Waals surface area (Å²) in [6, 6.07) is 2.43. The van der Waals surface area contributed by atoms with Gasteiger partial charge in [-0.3, -0.25) is 4.79 Å². The molecule has 20 heavy (non-hydrogen) atoms. The van der Waals surface area contributed by atoms with E-state index in [0.29, 0.717) is 17.6 Å². The van der Waals surface area contributed by atoms with Crippen molar-refractivity contribution in [3.05, 3.63) is 12.1 Å². The fraction of sp³-hybridized carbons (Fsp3) is 0.538. The van der Waals surface area contributed by atoms with Gasteiger partial charge >= 0.3 is 11.9 Å². The average Bonchev–Trinajstić information content (AvgIpc) is 2.69. The second kappa shape index (κ2) is 8.08. The standard InChI is InChI=1S/C13H19NO6/c15-10-8-9-11(16)14(10)20-13(19)7-5-3-1-2-4-6-12(17)18/h8-9,15-16H,1-7H2,(H,17,18). The van der Waals surface area contributed by atoms with Gasteiger partial charge in [0.15, 0.2) is 0 Å². The first kappa shape index (κ1) is 15.9. The van der Waals surface area contributed by atoms with Crippen molar-refractivity contribution in [1.29, 1.82) is 0 Å². The molecule has 0 unspecified atom stereocenters. The maximum atomic E-state index is 11.5. The minimum atomic E-state index is -0.792. The Morgan fingerprint density at radius 3 is 2.00 bits per heavy atom. The number of hydrogen-bond donors (Lipinski definition) is 3. The first-order chi connectivity index (χ1) is 9.50. The molecule has 1 aromatic rings. The summed E-state index contributed by atoms with van der Waals surface area (Å²) in [7, 11) is 0. The fourth-order valence-electron chi connectivity index (χ4n) is 1.72. The molecule has 0 spiro atoms. The van der Waals surface area contributed by atoms with Crippen LogP contribution in [0.2, 0.25) is 0 Å². The van der Waals surface area contributed by atoms with E-state index < -0.39 is 11.9 Å². The van der Waals surface area contributed by atoms with Gasteiger partial charge in [-0.25, -0.2) is 4.79 Å². The number of aromatic nitrogens is 1. The van der Waals surface area contributed by atoms with Crippen LogP contribution in [0.3, 0.4) is 0 Å². The lowest BCUT2D eigenvalue weighted by Crippen LogP contribution is -2.18. The van der Waals surface area contributed by atoms with Crippen molar-refractivity contribution in [3.8, 4) is 11.8 Å². The Balaban J connectivity index is 2.10. The van der Waals surface area contributed by atoms with E-state index in [0.717, 1.165) is 19.3 Å². The van der Waals surface area contributed by atoms with Crippen LogP contribution in [0.1, 0.15) is 44.9 Å². The Morgan fingerprint density at radius 2 is 1.45 bits per heavy atom. The van der Waals surface area contributed by atoms with E-state index in [-0.39, 0.29) is 24.6 Å². The van der Waals surface area contributed by atoms with Gasteiger partial charge < -0.3 is 20.2 Å². The molecule has 1 rings (SSSR count). The molecule has 0 aliphatic rings. The van der Waals surface area contributed by atoms with Gasteiger partial charge in [-0.1, -0.05) is 19.3 Å². The Bertz CT molecular complexity index is 434. The third kappa shape index (κ3) is 5.64. The smallest absolute Gasteiger partial charge is 0.333 e. The summed E-state index contributed by atoms with van der Waals surface area (Å²) >= 11 is 0. The average molecular weight is 285 g/mol. The number of unbranched alkanes of at least 4 members (excludes halogenated alkanes) is 4. The number of nitrogens with zero attached hydrogens (tertiary/aromatic N) is 1. The number of carbonyl (C=O) groups excluding carboxylic acids is 1. The molecule has 0 fully saturated rings. The van der Waals surface area contributed by atoms with Crippen molar-refractivity contribution in [3.63, 3.8) is 0 Å². The molecule has 0 atom stereocenters. The summed E-state index contributed by atoms with van der Waals surface area (Å²) in [5.41, 5.74) is 0. The predicted molar refractivity (Wildman–Crippen MR) is 69.3 cm³/mol. The quantitative estimate of drug-likeness (QED) is 0.595. The van der Waals surface area contributed by atoms with Crippen LogP contribution in [0.5, 0.6) is 11.8 Å². The highest BCUT2D eigenvalue weighted by Crippen LogP contribution is 2.19. The van der Waals surface area contributed by atoms with Gasteiger partial charge in [-0.05, 0) is 12.8 Å². The van der Waals surface area contributed by atoms with Crippen LogP contribution in [0, 0.1) is 0 Å².